The first-order valence-corrected chi connectivity index (χ1v) is 7.68. The quantitative estimate of drug-likeness (QED) is 0.887. The van der Waals surface area contributed by atoms with E-state index in [1.807, 2.05) is 0 Å². The molecule has 1 saturated heterocycles. The van der Waals surface area contributed by atoms with Gasteiger partial charge in [0, 0.05) is 24.8 Å². The first kappa shape index (κ1) is 14.4. The first-order chi connectivity index (χ1) is 9.11. The van der Waals surface area contributed by atoms with Crippen molar-refractivity contribution in [2.24, 2.45) is 5.92 Å². The highest BCUT2D eigenvalue weighted by Crippen LogP contribution is 2.28. The number of nitrogens with zero attached hydrogens (tertiary/aromatic N) is 1. The summed E-state index contributed by atoms with van der Waals surface area (Å²) in [4.78, 5) is 2.58. The lowest BCUT2D eigenvalue weighted by Crippen LogP contribution is -2.41. The average molecular weight is 260 g/mol. The molecule has 1 N–H and O–H groups in total. The van der Waals surface area contributed by atoms with Crippen molar-refractivity contribution in [3.63, 3.8) is 0 Å². The molecule has 106 valence electrons. The van der Waals surface area contributed by atoms with Crippen LogP contribution >= 0.6 is 0 Å². The molecular formula is C17H28N2. The van der Waals surface area contributed by atoms with Crippen LogP contribution in [0.1, 0.15) is 44.7 Å². The van der Waals surface area contributed by atoms with E-state index in [1.165, 1.54) is 36.2 Å². The average Bonchev–Trinajstić information content (AvgIpc) is 2.40. The molecule has 1 aliphatic rings. The summed E-state index contributed by atoms with van der Waals surface area (Å²) in [5, 5.41) is 3.41. The van der Waals surface area contributed by atoms with Gasteiger partial charge in [-0.25, -0.2) is 0 Å². The molecule has 1 aromatic rings. The van der Waals surface area contributed by atoms with Crippen LogP contribution in [-0.2, 0) is 6.54 Å². The Bertz CT molecular complexity index is 414. The van der Waals surface area contributed by atoms with Crippen LogP contribution in [0.2, 0.25) is 0 Å². The van der Waals surface area contributed by atoms with Gasteiger partial charge >= 0.3 is 0 Å². The Kier molecular flexibility index (Phi) is 4.87. The van der Waals surface area contributed by atoms with Crippen LogP contribution in [0.4, 0.5) is 5.69 Å². The fraction of sp³-hybridized carbons (Fsp3) is 0.647. The maximum atomic E-state index is 3.41. The van der Waals surface area contributed by atoms with E-state index in [2.05, 4.69) is 56.1 Å². The Morgan fingerprint density at radius 2 is 2.05 bits per heavy atom. The second-order valence-electron chi connectivity index (χ2n) is 6.08. The first-order valence-electron chi connectivity index (χ1n) is 7.68. The molecule has 0 bridgehead atoms. The van der Waals surface area contributed by atoms with Crippen molar-refractivity contribution in [1.29, 1.82) is 0 Å². The van der Waals surface area contributed by atoms with Crippen molar-refractivity contribution in [2.75, 3.05) is 18.0 Å². The molecule has 1 fully saturated rings. The van der Waals surface area contributed by atoms with E-state index in [0.717, 1.165) is 19.0 Å². The molecule has 0 spiro atoms. The normalized spacial score (nSPS) is 23.7. The van der Waals surface area contributed by atoms with Gasteiger partial charge < -0.3 is 10.2 Å². The summed E-state index contributed by atoms with van der Waals surface area (Å²) in [6.07, 6.45) is 2.69. The van der Waals surface area contributed by atoms with Gasteiger partial charge in [-0.05, 0) is 62.4 Å². The van der Waals surface area contributed by atoms with Crippen LogP contribution in [0.25, 0.3) is 0 Å². The zero-order valence-corrected chi connectivity index (χ0v) is 12.9. The standard InChI is InChI=1S/C17H28N2/c1-5-18-11-16-8-9-17(10-14(16)3)19-12-13(2)6-7-15(19)4/h8-10,13,15,18H,5-7,11-12H2,1-4H3. The zero-order valence-electron chi connectivity index (χ0n) is 12.9. The van der Waals surface area contributed by atoms with E-state index in [1.54, 1.807) is 0 Å². The zero-order chi connectivity index (χ0) is 13.8. The minimum Gasteiger partial charge on any atom is -0.369 e. The third kappa shape index (κ3) is 3.50. The molecule has 0 amide bonds. The number of anilines is 1. The molecule has 0 aromatic heterocycles. The lowest BCUT2D eigenvalue weighted by atomic mass is 9.94. The summed E-state index contributed by atoms with van der Waals surface area (Å²) >= 11 is 0. The third-order valence-electron chi connectivity index (χ3n) is 4.34. The summed E-state index contributed by atoms with van der Waals surface area (Å²) < 4.78 is 0. The van der Waals surface area contributed by atoms with Gasteiger partial charge in [0.15, 0.2) is 0 Å². The predicted octanol–water partition coefficient (Wildman–Crippen LogP) is 3.73. The van der Waals surface area contributed by atoms with Gasteiger partial charge in [-0.15, -0.1) is 0 Å². The van der Waals surface area contributed by atoms with E-state index < -0.39 is 0 Å². The highest BCUT2D eigenvalue weighted by molar-refractivity contribution is 5.52. The van der Waals surface area contributed by atoms with Crippen LogP contribution in [0, 0.1) is 12.8 Å². The third-order valence-corrected chi connectivity index (χ3v) is 4.34. The van der Waals surface area contributed by atoms with Gasteiger partial charge in [-0.3, -0.25) is 0 Å². The van der Waals surface area contributed by atoms with Crippen molar-refractivity contribution < 1.29 is 0 Å². The van der Waals surface area contributed by atoms with E-state index >= 15 is 0 Å². The molecule has 1 aliphatic heterocycles. The van der Waals surface area contributed by atoms with E-state index in [9.17, 15) is 0 Å². The van der Waals surface area contributed by atoms with Crippen LogP contribution in [0.15, 0.2) is 18.2 Å². The molecule has 2 atom stereocenters. The highest BCUT2D eigenvalue weighted by atomic mass is 15.2. The molecule has 2 heteroatoms. The second kappa shape index (κ2) is 6.42. The number of aryl methyl sites for hydroxylation is 1. The van der Waals surface area contributed by atoms with E-state index in [0.29, 0.717) is 6.04 Å². The van der Waals surface area contributed by atoms with Crippen molar-refractivity contribution in [3.8, 4) is 0 Å². The van der Waals surface area contributed by atoms with Gasteiger partial charge in [0.1, 0.15) is 0 Å². The SMILES string of the molecule is CCNCc1ccc(N2CC(C)CCC2C)cc1C. The van der Waals surface area contributed by atoms with Gasteiger partial charge in [-0.2, -0.15) is 0 Å². The maximum absolute atomic E-state index is 3.41. The lowest BCUT2D eigenvalue weighted by molar-refractivity contribution is 0.390. The molecule has 2 nitrogen and oxygen atoms in total. The molecule has 2 unspecified atom stereocenters. The fourth-order valence-electron chi connectivity index (χ4n) is 2.97. The van der Waals surface area contributed by atoms with Gasteiger partial charge in [0.25, 0.3) is 0 Å². The number of benzene rings is 1. The van der Waals surface area contributed by atoms with E-state index in [-0.39, 0.29) is 0 Å². The number of rotatable bonds is 4. The van der Waals surface area contributed by atoms with Crippen molar-refractivity contribution in [2.45, 2.75) is 53.1 Å². The number of piperidine rings is 1. The maximum Gasteiger partial charge on any atom is 0.0371 e. The summed E-state index contributed by atoms with van der Waals surface area (Å²) in [6.45, 7) is 12.3. The van der Waals surface area contributed by atoms with Crippen molar-refractivity contribution in [3.05, 3.63) is 29.3 Å². The van der Waals surface area contributed by atoms with Crippen LogP contribution < -0.4 is 10.2 Å². The second-order valence-corrected chi connectivity index (χ2v) is 6.08. The summed E-state index contributed by atoms with van der Waals surface area (Å²) in [5.74, 6) is 0.818. The predicted molar refractivity (Wildman–Crippen MR) is 83.8 cm³/mol. The van der Waals surface area contributed by atoms with Crippen molar-refractivity contribution >= 4 is 5.69 Å². The molecule has 19 heavy (non-hydrogen) atoms. The Balaban J connectivity index is 2.14. The Hall–Kier alpha value is -1.02. The monoisotopic (exact) mass is 260 g/mol. The molecule has 0 saturated carbocycles. The summed E-state index contributed by atoms with van der Waals surface area (Å²) in [6, 6.07) is 7.63. The lowest BCUT2D eigenvalue weighted by Gasteiger charge is -2.39. The fourth-order valence-corrected chi connectivity index (χ4v) is 2.97. The van der Waals surface area contributed by atoms with Crippen molar-refractivity contribution in [1.82, 2.24) is 5.32 Å². The molecular weight excluding hydrogens is 232 g/mol. The number of hydrogen-bond donors (Lipinski definition) is 1. The van der Waals surface area contributed by atoms with Gasteiger partial charge in [0.2, 0.25) is 0 Å². The Morgan fingerprint density at radius 3 is 2.74 bits per heavy atom. The summed E-state index contributed by atoms with van der Waals surface area (Å²) in [7, 11) is 0. The molecule has 0 radical (unpaired) electrons. The number of hydrogen-bond acceptors (Lipinski definition) is 2. The summed E-state index contributed by atoms with van der Waals surface area (Å²) in [5.41, 5.74) is 4.23. The topological polar surface area (TPSA) is 15.3 Å². The van der Waals surface area contributed by atoms with Crippen LogP contribution in [0.3, 0.4) is 0 Å². The molecule has 1 heterocycles. The minimum atomic E-state index is 0.676. The number of nitrogens with one attached hydrogen (secondary N) is 1. The molecule has 2 rings (SSSR count). The van der Waals surface area contributed by atoms with E-state index in [4.69, 9.17) is 0 Å². The van der Waals surface area contributed by atoms with Crippen LogP contribution in [0.5, 0.6) is 0 Å². The Morgan fingerprint density at radius 1 is 1.26 bits per heavy atom. The minimum absolute atomic E-state index is 0.676. The molecule has 0 aliphatic carbocycles. The van der Waals surface area contributed by atoms with Crippen LogP contribution in [-0.4, -0.2) is 19.1 Å². The largest absolute Gasteiger partial charge is 0.369 e. The Labute approximate surface area is 118 Å². The van der Waals surface area contributed by atoms with Gasteiger partial charge in [0.05, 0.1) is 0 Å². The van der Waals surface area contributed by atoms with Gasteiger partial charge in [-0.1, -0.05) is 19.9 Å². The highest BCUT2D eigenvalue weighted by Gasteiger charge is 2.23. The molecule has 1 aromatic carbocycles. The smallest absolute Gasteiger partial charge is 0.0371 e.